The summed E-state index contributed by atoms with van der Waals surface area (Å²) < 4.78 is 4.79. The first kappa shape index (κ1) is 11.7. The second kappa shape index (κ2) is 4.59. The smallest absolute Gasteiger partial charge is 0.360 e. The fourth-order valence-corrected chi connectivity index (χ4v) is 1.80. The van der Waals surface area contributed by atoms with Gasteiger partial charge in [-0.25, -0.2) is 9.78 Å². The van der Waals surface area contributed by atoms with E-state index in [1.54, 1.807) is 31.2 Å². The molecule has 17 heavy (non-hydrogen) atoms. The zero-order valence-electron chi connectivity index (χ0n) is 9.11. The van der Waals surface area contributed by atoms with E-state index in [2.05, 4.69) is 4.98 Å². The maximum Gasteiger partial charge on any atom is 0.360 e. The Labute approximate surface area is 103 Å². The molecule has 5 heteroatoms. The maximum absolute atomic E-state index is 11.6. The third kappa shape index (κ3) is 2.03. The Morgan fingerprint density at radius 1 is 1.41 bits per heavy atom. The monoisotopic (exact) mass is 251 g/mol. The van der Waals surface area contributed by atoms with Crippen molar-refractivity contribution in [1.82, 2.24) is 4.98 Å². The second-order valence-electron chi connectivity index (χ2n) is 3.37. The summed E-state index contributed by atoms with van der Waals surface area (Å²) in [6, 6.07) is 6.91. The minimum Gasteiger partial charge on any atom is -0.505 e. The molecule has 1 N–H and O–H groups in total. The minimum absolute atomic E-state index is 0.157. The second-order valence-corrected chi connectivity index (χ2v) is 3.72. The zero-order valence-corrected chi connectivity index (χ0v) is 9.86. The van der Waals surface area contributed by atoms with Crippen LogP contribution in [0.3, 0.4) is 0 Å². The lowest BCUT2D eigenvalue weighted by Crippen LogP contribution is -2.07. The zero-order chi connectivity index (χ0) is 12.4. The van der Waals surface area contributed by atoms with E-state index in [0.29, 0.717) is 10.8 Å². The Bertz CT molecular complexity index is 583. The number of halogens is 1. The fraction of sp³-hybridized carbons (Fsp3) is 0.167. The normalized spacial score (nSPS) is 10.5. The van der Waals surface area contributed by atoms with Crippen LogP contribution in [0.15, 0.2) is 24.3 Å². The highest BCUT2D eigenvalue weighted by Crippen LogP contribution is 2.31. The first-order valence-corrected chi connectivity index (χ1v) is 5.47. The van der Waals surface area contributed by atoms with Crippen molar-refractivity contribution in [3.63, 3.8) is 0 Å². The number of hydrogen-bond acceptors (Lipinski definition) is 4. The van der Waals surface area contributed by atoms with Gasteiger partial charge in [-0.05, 0) is 6.92 Å². The Morgan fingerprint density at radius 3 is 2.71 bits per heavy atom. The van der Waals surface area contributed by atoms with Gasteiger partial charge in [-0.3, -0.25) is 0 Å². The van der Waals surface area contributed by atoms with E-state index in [-0.39, 0.29) is 23.2 Å². The van der Waals surface area contributed by atoms with Crippen molar-refractivity contribution in [2.24, 2.45) is 0 Å². The number of benzene rings is 1. The highest BCUT2D eigenvalue weighted by Gasteiger charge is 2.18. The summed E-state index contributed by atoms with van der Waals surface area (Å²) in [5.74, 6) is -0.888. The molecular weight excluding hydrogens is 242 g/mol. The van der Waals surface area contributed by atoms with Crippen LogP contribution in [0.25, 0.3) is 10.8 Å². The Balaban J connectivity index is 2.67. The number of carbonyl (C=O) groups excluding carboxylic acids is 1. The van der Waals surface area contributed by atoms with E-state index >= 15 is 0 Å². The van der Waals surface area contributed by atoms with Gasteiger partial charge in [0.05, 0.1) is 6.61 Å². The molecule has 88 valence electrons. The number of ether oxygens (including phenoxy) is 1. The van der Waals surface area contributed by atoms with Crippen LogP contribution in [0.1, 0.15) is 17.4 Å². The summed E-state index contributed by atoms with van der Waals surface area (Å²) in [7, 11) is 0. The largest absolute Gasteiger partial charge is 0.505 e. The summed E-state index contributed by atoms with van der Waals surface area (Å²) in [5, 5.41) is 11.2. The molecule has 0 spiro atoms. The number of aromatic hydroxyl groups is 1. The molecule has 0 unspecified atom stereocenters. The maximum atomic E-state index is 11.6. The van der Waals surface area contributed by atoms with Gasteiger partial charge in [-0.1, -0.05) is 35.9 Å². The van der Waals surface area contributed by atoms with E-state index in [9.17, 15) is 9.90 Å². The summed E-state index contributed by atoms with van der Waals surface area (Å²) in [6.07, 6.45) is 0. The predicted octanol–water partition coefficient (Wildman–Crippen LogP) is 2.77. The van der Waals surface area contributed by atoms with Crippen molar-refractivity contribution in [2.75, 3.05) is 6.61 Å². The van der Waals surface area contributed by atoms with Crippen LogP contribution < -0.4 is 0 Å². The van der Waals surface area contributed by atoms with E-state index in [4.69, 9.17) is 16.3 Å². The third-order valence-corrected chi connectivity index (χ3v) is 2.60. The molecule has 0 amide bonds. The van der Waals surface area contributed by atoms with Crippen LogP contribution in [-0.4, -0.2) is 22.7 Å². The lowest BCUT2D eigenvalue weighted by atomic mass is 10.1. The molecule has 0 atom stereocenters. The van der Waals surface area contributed by atoms with Crippen molar-refractivity contribution in [1.29, 1.82) is 0 Å². The first-order valence-electron chi connectivity index (χ1n) is 5.09. The van der Waals surface area contributed by atoms with E-state index in [1.165, 1.54) is 0 Å². The third-order valence-electron chi connectivity index (χ3n) is 2.31. The lowest BCUT2D eigenvalue weighted by molar-refractivity contribution is 0.0516. The van der Waals surface area contributed by atoms with Crippen LogP contribution >= 0.6 is 11.6 Å². The van der Waals surface area contributed by atoms with Gasteiger partial charge in [0.15, 0.2) is 11.4 Å². The highest BCUT2D eigenvalue weighted by molar-refractivity contribution is 6.34. The number of fused-ring (bicyclic) bond motifs is 1. The molecule has 2 aromatic rings. The van der Waals surface area contributed by atoms with Crippen LogP contribution in [0, 0.1) is 0 Å². The van der Waals surface area contributed by atoms with Crippen LogP contribution in [-0.2, 0) is 4.74 Å². The highest BCUT2D eigenvalue weighted by atomic mass is 35.5. The van der Waals surface area contributed by atoms with Gasteiger partial charge in [0.25, 0.3) is 0 Å². The molecule has 0 bridgehead atoms. The molecular formula is C12H10ClNO3. The Morgan fingerprint density at radius 2 is 2.06 bits per heavy atom. The average molecular weight is 252 g/mol. The molecule has 0 saturated heterocycles. The van der Waals surface area contributed by atoms with Crippen molar-refractivity contribution < 1.29 is 14.6 Å². The molecule has 0 radical (unpaired) electrons. The number of carbonyl (C=O) groups is 1. The molecule has 1 aromatic heterocycles. The van der Waals surface area contributed by atoms with Gasteiger partial charge in [-0.15, -0.1) is 0 Å². The molecule has 1 aromatic carbocycles. The minimum atomic E-state index is -0.683. The van der Waals surface area contributed by atoms with Gasteiger partial charge in [0.1, 0.15) is 5.15 Å². The summed E-state index contributed by atoms with van der Waals surface area (Å²) in [6.45, 7) is 1.89. The van der Waals surface area contributed by atoms with Gasteiger partial charge in [0.2, 0.25) is 0 Å². The van der Waals surface area contributed by atoms with Gasteiger partial charge < -0.3 is 9.84 Å². The van der Waals surface area contributed by atoms with Gasteiger partial charge in [0, 0.05) is 10.8 Å². The molecule has 2 rings (SSSR count). The van der Waals surface area contributed by atoms with Crippen LogP contribution in [0.5, 0.6) is 5.75 Å². The van der Waals surface area contributed by atoms with E-state index in [0.717, 1.165) is 0 Å². The van der Waals surface area contributed by atoms with Crippen LogP contribution in [0.4, 0.5) is 0 Å². The fourth-order valence-electron chi connectivity index (χ4n) is 1.55. The van der Waals surface area contributed by atoms with Crippen molar-refractivity contribution in [2.45, 2.75) is 6.92 Å². The van der Waals surface area contributed by atoms with Crippen molar-refractivity contribution in [3.8, 4) is 5.75 Å². The first-order chi connectivity index (χ1) is 8.15. The molecule has 0 aliphatic rings. The van der Waals surface area contributed by atoms with E-state index in [1.807, 2.05) is 0 Å². The van der Waals surface area contributed by atoms with E-state index < -0.39 is 5.97 Å². The topological polar surface area (TPSA) is 59.4 Å². The molecule has 0 fully saturated rings. The number of pyridine rings is 1. The summed E-state index contributed by atoms with van der Waals surface area (Å²) in [4.78, 5) is 15.4. The number of rotatable bonds is 2. The Hall–Kier alpha value is -1.81. The lowest BCUT2D eigenvalue weighted by Gasteiger charge is -2.07. The van der Waals surface area contributed by atoms with Crippen molar-refractivity contribution >= 4 is 28.3 Å². The standard InChI is InChI=1S/C12H10ClNO3/c1-2-17-12(16)9-10(15)7-5-3-4-6-8(7)11(13)14-9/h3-6,15H,2H2,1H3. The average Bonchev–Trinajstić information content (AvgIpc) is 2.34. The molecule has 0 saturated carbocycles. The number of esters is 1. The predicted molar refractivity (Wildman–Crippen MR) is 64.4 cm³/mol. The SMILES string of the molecule is CCOC(=O)c1nc(Cl)c2ccccc2c1O. The number of hydrogen-bond donors (Lipinski definition) is 1. The summed E-state index contributed by atoms with van der Waals surface area (Å²) >= 11 is 5.95. The molecule has 4 nitrogen and oxygen atoms in total. The molecule has 1 heterocycles. The number of aromatic nitrogens is 1. The van der Waals surface area contributed by atoms with Gasteiger partial charge >= 0.3 is 5.97 Å². The number of nitrogens with zero attached hydrogens (tertiary/aromatic N) is 1. The quantitative estimate of drug-likeness (QED) is 0.659. The Kier molecular flexibility index (Phi) is 3.15. The molecule has 0 aliphatic carbocycles. The van der Waals surface area contributed by atoms with Gasteiger partial charge in [-0.2, -0.15) is 0 Å². The summed E-state index contributed by atoms with van der Waals surface area (Å²) in [5.41, 5.74) is -0.157. The van der Waals surface area contributed by atoms with Crippen molar-refractivity contribution in [3.05, 3.63) is 35.1 Å². The molecule has 0 aliphatic heterocycles. The van der Waals surface area contributed by atoms with Crippen LogP contribution in [0.2, 0.25) is 5.15 Å².